The van der Waals surface area contributed by atoms with Crippen LogP contribution in [0.15, 0.2) is 0 Å². The maximum absolute atomic E-state index is 11.5. The number of carbonyl (C=O) groups is 1. The third kappa shape index (κ3) is 3.41. The van der Waals surface area contributed by atoms with Gasteiger partial charge >= 0.3 is 0 Å². The van der Waals surface area contributed by atoms with Crippen LogP contribution < -0.4 is 21.1 Å². The van der Waals surface area contributed by atoms with Crippen molar-refractivity contribution in [2.75, 3.05) is 30.8 Å². The molecule has 1 atom stereocenters. The smallest absolute Gasteiger partial charge is 0.261 e. The highest BCUT2D eigenvalue weighted by molar-refractivity contribution is 7.19. The number of nitrogens with zero attached hydrogens (tertiary/aromatic N) is 1. The van der Waals surface area contributed by atoms with Crippen LogP contribution in [0, 0.1) is 0 Å². The molecule has 0 radical (unpaired) electrons. The number of hydrogen-bond acceptors (Lipinski definition) is 6. The average Bonchev–Trinajstić information content (AvgIpc) is 2.76. The molecule has 118 valence electrons. The van der Waals surface area contributed by atoms with Crippen molar-refractivity contribution in [1.29, 1.82) is 0 Å². The molecule has 0 saturated carbocycles. The van der Waals surface area contributed by atoms with E-state index >= 15 is 0 Å². The van der Waals surface area contributed by atoms with Gasteiger partial charge in [0.1, 0.15) is 15.6 Å². The molecule has 1 aliphatic rings. The van der Waals surface area contributed by atoms with Gasteiger partial charge in [-0.2, -0.15) is 0 Å². The van der Waals surface area contributed by atoms with Crippen molar-refractivity contribution in [3.05, 3.63) is 4.88 Å². The summed E-state index contributed by atoms with van der Waals surface area (Å²) >= 11 is 1.30. The zero-order chi connectivity index (χ0) is 15.6. The number of thiophene rings is 1. The Morgan fingerprint density at radius 2 is 2.19 bits per heavy atom. The average molecular weight is 313 g/mol. The number of ether oxygens (including phenoxy) is 2. The SMILES string of the molecule is COC1CCCN(c2sc(C(N)=O)c(N)c2OC(C)C)C1. The maximum Gasteiger partial charge on any atom is 0.261 e. The largest absolute Gasteiger partial charge is 0.486 e. The molecule has 1 aromatic heterocycles. The fourth-order valence-electron chi connectivity index (χ4n) is 2.47. The zero-order valence-corrected chi connectivity index (χ0v) is 13.5. The minimum atomic E-state index is -0.516. The topological polar surface area (TPSA) is 90.8 Å². The standard InChI is InChI=1S/C14H23N3O3S/c1-8(2)20-11-10(15)12(13(16)18)21-14(11)17-6-4-5-9(7-17)19-3/h8-9H,4-7,15H2,1-3H3,(H2,16,18). The maximum atomic E-state index is 11.5. The summed E-state index contributed by atoms with van der Waals surface area (Å²) in [7, 11) is 1.72. The Bertz CT molecular complexity index is 516. The molecule has 0 spiro atoms. The lowest BCUT2D eigenvalue weighted by Gasteiger charge is -2.33. The molecule has 4 N–H and O–H groups in total. The second kappa shape index (κ2) is 6.53. The molecular formula is C14H23N3O3S. The second-order valence-corrected chi connectivity index (χ2v) is 6.46. The summed E-state index contributed by atoms with van der Waals surface area (Å²) in [6.45, 7) is 5.52. The van der Waals surface area contributed by atoms with Gasteiger partial charge < -0.3 is 25.8 Å². The molecule has 1 aliphatic heterocycles. The van der Waals surface area contributed by atoms with E-state index in [1.165, 1.54) is 11.3 Å². The lowest BCUT2D eigenvalue weighted by molar-refractivity contribution is 0.0893. The lowest BCUT2D eigenvalue weighted by Crippen LogP contribution is -2.39. The van der Waals surface area contributed by atoms with E-state index in [1.54, 1.807) is 7.11 Å². The van der Waals surface area contributed by atoms with Gasteiger partial charge in [0.05, 0.1) is 12.2 Å². The number of rotatable bonds is 5. The first kappa shape index (κ1) is 15.9. The highest BCUT2D eigenvalue weighted by Gasteiger charge is 2.28. The summed E-state index contributed by atoms with van der Waals surface area (Å²) in [6, 6.07) is 0. The van der Waals surface area contributed by atoms with E-state index in [1.807, 2.05) is 13.8 Å². The van der Waals surface area contributed by atoms with E-state index in [2.05, 4.69) is 4.90 Å². The summed E-state index contributed by atoms with van der Waals surface area (Å²) in [5.41, 5.74) is 11.8. The van der Waals surface area contributed by atoms with Gasteiger partial charge in [-0.15, -0.1) is 11.3 Å². The summed E-state index contributed by atoms with van der Waals surface area (Å²) in [4.78, 5) is 14.1. The molecule has 0 aliphatic carbocycles. The Labute approximate surface area is 129 Å². The van der Waals surface area contributed by atoms with Crippen LogP contribution in [-0.4, -0.2) is 38.3 Å². The molecule has 1 fully saturated rings. The molecule has 6 nitrogen and oxygen atoms in total. The Morgan fingerprint density at radius 3 is 2.76 bits per heavy atom. The van der Waals surface area contributed by atoms with Crippen molar-refractivity contribution < 1.29 is 14.3 Å². The minimum absolute atomic E-state index is 0.0237. The fraction of sp³-hybridized carbons (Fsp3) is 0.643. The van der Waals surface area contributed by atoms with Crippen LogP contribution in [0.4, 0.5) is 10.7 Å². The van der Waals surface area contributed by atoms with Gasteiger partial charge in [0, 0.05) is 20.2 Å². The van der Waals surface area contributed by atoms with E-state index in [9.17, 15) is 4.79 Å². The normalized spacial score (nSPS) is 19.0. The van der Waals surface area contributed by atoms with Crippen LogP contribution in [0.5, 0.6) is 5.75 Å². The van der Waals surface area contributed by atoms with Gasteiger partial charge in [0.25, 0.3) is 5.91 Å². The molecular weight excluding hydrogens is 290 g/mol. The Kier molecular flexibility index (Phi) is 4.95. The number of nitrogens with two attached hydrogens (primary N) is 2. The van der Waals surface area contributed by atoms with E-state index in [0.717, 1.165) is 30.9 Å². The van der Waals surface area contributed by atoms with Crippen molar-refractivity contribution in [2.45, 2.75) is 38.9 Å². The van der Waals surface area contributed by atoms with Gasteiger partial charge in [0.15, 0.2) is 5.75 Å². The van der Waals surface area contributed by atoms with E-state index < -0.39 is 5.91 Å². The molecule has 7 heteroatoms. The minimum Gasteiger partial charge on any atom is -0.486 e. The second-order valence-electron chi connectivity index (χ2n) is 5.46. The van der Waals surface area contributed by atoms with Crippen LogP contribution in [0.1, 0.15) is 36.4 Å². The Balaban J connectivity index is 2.36. The lowest BCUT2D eigenvalue weighted by atomic mass is 10.1. The Morgan fingerprint density at radius 1 is 1.48 bits per heavy atom. The predicted octanol–water partition coefficient (Wildman–Crippen LogP) is 1.83. The quantitative estimate of drug-likeness (QED) is 0.865. The third-order valence-corrected chi connectivity index (χ3v) is 4.72. The number of anilines is 2. The van der Waals surface area contributed by atoms with Crippen LogP contribution in [0.3, 0.4) is 0 Å². The number of amides is 1. The molecule has 1 saturated heterocycles. The van der Waals surface area contributed by atoms with Crippen molar-refractivity contribution in [1.82, 2.24) is 0 Å². The third-order valence-electron chi connectivity index (χ3n) is 3.46. The van der Waals surface area contributed by atoms with Gasteiger partial charge in [-0.1, -0.05) is 0 Å². The Hall–Kier alpha value is -1.47. The number of methoxy groups -OCH3 is 1. The molecule has 2 rings (SSSR count). The van der Waals surface area contributed by atoms with Crippen molar-refractivity contribution >= 4 is 27.9 Å². The number of nitrogen functional groups attached to an aromatic ring is 1. The summed E-state index contributed by atoms with van der Waals surface area (Å²) < 4.78 is 11.3. The van der Waals surface area contributed by atoms with Crippen molar-refractivity contribution in [3.8, 4) is 5.75 Å². The van der Waals surface area contributed by atoms with Crippen LogP contribution in [0.25, 0.3) is 0 Å². The zero-order valence-electron chi connectivity index (χ0n) is 12.7. The number of hydrogen-bond donors (Lipinski definition) is 2. The highest BCUT2D eigenvalue weighted by Crippen LogP contribution is 2.46. The summed E-state index contributed by atoms with van der Waals surface area (Å²) in [6.07, 6.45) is 2.23. The predicted molar refractivity (Wildman–Crippen MR) is 85.3 cm³/mol. The van der Waals surface area contributed by atoms with E-state index in [-0.39, 0.29) is 12.2 Å². The van der Waals surface area contributed by atoms with Crippen molar-refractivity contribution in [3.63, 3.8) is 0 Å². The summed E-state index contributed by atoms with van der Waals surface area (Å²) in [5.74, 6) is 0.0539. The molecule has 0 aromatic carbocycles. The molecule has 2 heterocycles. The van der Waals surface area contributed by atoms with Crippen LogP contribution in [-0.2, 0) is 4.74 Å². The molecule has 1 aromatic rings. The molecule has 1 unspecified atom stereocenters. The first-order valence-electron chi connectivity index (χ1n) is 7.10. The first-order valence-corrected chi connectivity index (χ1v) is 7.92. The van der Waals surface area contributed by atoms with Gasteiger partial charge in [-0.3, -0.25) is 4.79 Å². The van der Waals surface area contributed by atoms with Crippen LogP contribution in [0.2, 0.25) is 0 Å². The molecule has 1 amide bonds. The van der Waals surface area contributed by atoms with Gasteiger partial charge in [-0.05, 0) is 26.7 Å². The number of carbonyl (C=O) groups excluding carboxylic acids is 1. The first-order chi connectivity index (χ1) is 9.93. The molecule has 0 bridgehead atoms. The van der Waals surface area contributed by atoms with E-state index in [0.29, 0.717) is 16.3 Å². The van der Waals surface area contributed by atoms with Gasteiger partial charge in [-0.25, -0.2) is 0 Å². The van der Waals surface area contributed by atoms with E-state index in [4.69, 9.17) is 20.9 Å². The van der Waals surface area contributed by atoms with Crippen LogP contribution >= 0.6 is 11.3 Å². The van der Waals surface area contributed by atoms with Gasteiger partial charge in [0.2, 0.25) is 0 Å². The highest BCUT2D eigenvalue weighted by atomic mass is 32.1. The van der Waals surface area contributed by atoms with Crippen molar-refractivity contribution in [2.24, 2.45) is 5.73 Å². The number of primary amides is 1. The molecule has 21 heavy (non-hydrogen) atoms. The summed E-state index contributed by atoms with van der Waals surface area (Å²) in [5, 5.41) is 0.872. The fourth-order valence-corrected chi connectivity index (χ4v) is 3.51. The monoisotopic (exact) mass is 313 g/mol. The number of piperidine rings is 1.